The van der Waals surface area contributed by atoms with E-state index >= 15 is 0 Å². The Morgan fingerprint density at radius 3 is 2.43 bits per heavy atom. The summed E-state index contributed by atoms with van der Waals surface area (Å²) in [5, 5.41) is 7.64. The largest absolute Gasteiger partial charge is 0.357 e. The first-order valence-corrected chi connectivity index (χ1v) is 8.77. The molecule has 0 bridgehead atoms. The van der Waals surface area contributed by atoms with E-state index in [1.807, 2.05) is 0 Å². The van der Waals surface area contributed by atoms with Gasteiger partial charge in [-0.05, 0) is 48.7 Å². The molecule has 2 aromatic carbocycles. The molecule has 1 fully saturated rings. The summed E-state index contributed by atoms with van der Waals surface area (Å²) in [6.07, 6.45) is 1.71. The van der Waals surface area contributed by atoms with Crippen LogP contribution in [0.15, 0.2) is 42.5 Å². The van der Waals surface area contributed by atoms with Gasteiger partial charge < -0.3 is 16.0 Å². The van der Waals surface area contributed by atoms with Crippen molar-refractivity contribution in [3.63, 3.8) is 0 Å². The van der Waals surface area contributed by atoms with Gasteiger partial charge in [-0.3, -0.25) is 14.4 Å². The molecule has 0 heterocycles. The maximum Gasteiger partial charge on any atom is 0.252 e. The first-order valence-electron chi connectivity index (χ1n) is 8.77. The van der Waals surface area contributed by atoms with Crippen molar-refractivity contribution >= 4 is 23.4 Å². The van der Waals surface area contributed by atoms with E-state index < -0.39 is 29.5 Å². The summed E-state index contributed by atoms with van der Waals surface area (Å²) in [5.74, 6) is -3.43. The molecule has 3 N–H and O–H groups in total. The Kier molecular flexibility index (Phi) is 5.67. The van der Waals surface area contributed by atoms with Crippen molar-refractivity contribution in [1.82, 2.24) is 10.6 Å². The molecular formula is C20H19F2N3O3. The molecular weight excluding hydrogens is 368 g/mol. The Morgan fingerprint density at radius 1 is 1.04 bits per heavy atom. The molecule has 3 rings (SSSR count). The Morgan fingerprint density at radius 2 is 1.79 bits per heavy atom. The van der Waals surface area contributed by atoms with Crippen molar-refractivity contribution in [1.29, 1.82) is 0 Å². The third-order valence-electron chi connectivity index (χ3n) is 4.40. The average molecular weight is 387 g/mol. The lowest BCUT2D eigenvalue weighted by atomic mass is 10.0. The van der Waals surface area contributed by atoms with Gasteiger partial charge in [-0.2, -0.15) is 0 Å². The van der Waals surface area contributed by atoms with Crippen LogP contribution in [-0.2, 0) is 9.59 Å². The second-order valence-corrected chi connectivity index (χ2v) is 6.54. The van der Waals surface area contributed by atoms with Gasteiger partial charge >= 0.3 is 0 Å². The zero-order valence-electron chi connectivity index (χ0n) is 15.1. The SMILES string of the molecule is CNC(=O)C(NC(=O)c1cccc(NC(=O)C2CC2)c1)c1ccc(F)c(F)c1. The summed E-state index contributed by atoms with van der Waals surface area (Å²) >= 11 is 0. The zero-order chi connectivity index (χ0) is 20.3. The summed E-state index contributed by atoms with van der Waals surface area (Å²) in [7, 11) is 1.37. The van der Waals surface area contributed by atoms with Gasteiger partial charge in [-0.1, -0.05) is 12.1 Å². The monoisotopic (exact) mass is 387 g/mol. The van der Waals surface area contributed by atoms with Crippen LogP contribution in [-0.4, -0.2) is 24.8 Å². The molecule has 0 aliphatic heterocycles. The molecule has 28 heavy (non-hydrogen) atoms. The van der Waals surface area contributed by atoms with Gasteiger partial charge in [0.25, 0.3) is 5.91 Å². The number of halogens is 2. The molecule has 3 amide bonds. The van der Waals surface area contributed by atoms with Crippen LogP contribution >= 0.6 is 0 Å². The number of nitrogens with one attached hydrogen (secondary N) is 3. The van der Waals surface area contributed by atoms with E-state index in [0.717, 1.165) is 25.0 Å². The molecule has 1 unspecified atom stereocenters. The number of carbonyl (C=O) groups is 3. The van der Waals surface area contributed by atoms with Gasteiger partial charge in [0.15, 0.2) is 11.6 Å². The Labute approximate surface area is 160 Å². The molecule has 2 aromatic rings. The van der Waals surface area contributed by atoms with Gasteiger partial charge in [0.1, 0.15) is 6.04 Å². The second kappa shape index (κ2) is 8.16. The number of anilines is 1. The fourth-order valence-electron chi connectivity index (χ4n) is 2.68. The smallest absolute Gasteiger partial charge is 0.252 e. The van der Waals surface area contributed by atoms with Gasteiger partial charge in [-0.25, -0.2) is 8.78 Å². The van der Waals surface area contributed by atoms with Gasteiger partial charge in [0.2, 0.25) is 11.8 Å². The number of likely N-dealkylation sites (N-methyl/N-ethyl adjacent to an activating group) is 1. The van der Waals surface area contributed by atoms with Crippen molar-refractivity contribution < 1.29 is 23.2 Å². The van der Waals surface area contributed by atoms with Crippen molar-refractivity contribution in [3.8, 4) is 0 Å². The van der Waals surface area contributed by atoms with Gasteiger partial charge in [0.05, 0.1) is 0 Å². The van der Waals surface area contributed by atoms with E-state index in [1.54, 1.807) is 12.1 Å². The van der Waals surface area contributed by atoms with Crippen LogP contribution in [0.1, 0.15) is 34.8 Å². The number of hydrogen-bond acceptors (Lipinski definition) is 3. The minimum atomic E-state index is -1.21. The minimum Gasteiger partial charge on any atom is -0.357 e. The average Bonchev–Trinajstić information content (AvgIpc) is 3.53. The minimum absolute atomic E-state index is 0.0171. The highest BCUT2D eigenvalue weighted by Gasteiger charge is 2.29. The fourth-order valence-corrected chi connectivity index (χ4v) is 2.68. The molecule has 0 spiro atoms. The summed E-state index contributed by atoms with van der Waals surface area (Å²) in [6.45, 7) is 0. The van der Waals surface area contributed by atoms with E-state index in [-0.39, 0.29) is 23.0 Å². The molecule has 0 saturated heterocycles. The van der Waals surface area contributed by atoms with E-state index in [4.69, 9.17) is 0 Å². The maximum atomic E-state index is 13.6. The number of carbonyl (C=O) groups excluding carboxylic acids is 3. The zero-order valence-corrected chi connectivity index (χ0v) is 15.1. The first-order chi connectivity index (χ1) is 13.4. The lowest BCUT2D eigenvalue weighted by Crippen LogP contribution is -2.39. The van der Waals surface area contributed by atoms with Crippen molar-refractivity contribution in [2.45, 2.75) is 18.9 Å². The summed E-state index contributed by atoms with van der Waals surface area (Å²) in [5.41, 5.74) is 0.781. The highest BCUT2D eigenvalue weighted by molar-refractivity contribution is 6.00. The number of rotatable bonds is 6. The topological polar surface area (TPSA) is 87.3 Å². The van der Waals surface area contributed by atoms with Crippen LogP contribution < -0.4 is 16.0 Å². The highest BCUT2D eigenvalue weighted by Crippen LogP contribution is 2.30. The van der Waals surface area contributed by atoms with Crippen molar-refractivity contribution in [2.24, 2.45) is 5.92 Å². The highest BCUT2D eigenvalue weighted by atomic mass is 19.2. The molecule has 0 aromatic heterocycles. The molecule has 1 aliphatic rings. The Bertz CT molecular complexity index is 929. The normalized spacial score (nSPS) is 14.1. The van der Waals surface area contributed by atoms with Crippen LogP contribution in [0.4, 0.5) is 14.5 Å². The fraction of sp³-hybridized carbons (Fsp3) is 0.250. The summed E-state index contributed by atoms with van der Waals surface area (Å²) < 4.78 is 26.7. The maximum absolute atomic E-state index is 13.6. The quantitative estimate of drug-likeness (QED) is 0.712. The first kappa shape index (κ1) is 19.5. The van der Waals surface area contributed by atoms with Crippen LogP contribution in [0.2, 0.25) is 0 Å². The molecule has 146 valence electrons. The molecule has 1 saturated carbocycles. The number of benzene rings is 2. The van der Waals surface area contributed by atoms with Crippen LogP contribution in [0.5, 0.6) is 0 Å². The number of amides is 3. The number of hydrogen-bond donors (Lipinski definition) is 3. The van der Waals surface area contributed by atoms with Crippen LogP contribution in [0, 0.1) is 17.6 Å². The van der Waals surface area contributed by atoms with Crippen LogP contribution in [0.25, 0.3) is 0 Å². The van der Waals surface area contributed by atoms with E-state index in [9.17, 15) is 23.2 Å². The van der Waals surface area contributed by atoms with E-state index in [0.29, 0.717) is 5.69 Å². The Hall–Kier alpha value is -3.29. The molecule has 1 aliphatic carbocycles. The third kappa shape index (κ3) is 4.51. The predicted octanol–water partition coefficient (Wildman–Crippen LogP) is 2.53. The van der Waals surface area contributed by atoms with Gasteiger partial charge in [0, 0.05) is 24.2 Å². The molecule has 1 atom stereocenters. The summed E-state index contributed by atoms with van der Waals surface area (Å²) in [6, 6.07) is 8.04. The van der Waals surface area contributed by atoms with Gasteiger partial charge in [-0.15, -0.1) is 0 Å². The lowest BCUT2D eigenvalue weighted by Gasteiger charge is -2.18. The second-order valence-electron chi connectivity index (χ2n) is 6.54. The van der Waals surface area contributed by atoms with E-state index in [2.05, 4.69) is 16.0 Å². The van der Waals surface area contributed by atoms with E-state index in [1.165, 1.54) is 25.2 Å². The van der Waals surface area contributed by atoms with Crippen molar-refractivity contribution in [3.05, 3.63) is 65.2 Å². The molecule has 8 heteroatoms. The Balaban J connectivity index is 1.78. The molecule has 6 nitrogen and oxygen atoms in total. The third-order valence-corrected chi connectivity index (χ3v) is 4.40. The lowest BCUT2D eigenvalue weighted by molar-refractivity contribution is -0.122. The van der Waals surface area contributed by atoms with Crippen molar-refractivity contribution in [2.75, 3.05) is 12.4 Å². The predicted molar refractivity (Wildman–Crippen MR) is 98.4 cm³/mol. The van der Waals surface area contributed by atoms with Crippen LogP contribution in [0.3, 0.4) is 0 Å². The standard InChI is InChI=1S/C20H19F2N3O3/c1-23-20(28)17(12-7-8-15(21)16(22)10-12)25-19(27)13-3-2-4-14(9-13)24-18(26)11-5-6-11/h2-4,7-11,17H,5-6H2,1H3,(H,23,28)(H,24,26)(H,25,27). The molecule has 0 radical (unpaired) electrons. The summed E-state index contributed by atoms with van der Waals surface area (Å²) in [4.78, 5) is 36.7.